The van der Waals surface area contributed by atoms with Crippen LogP contribution < -0.4 is 10.6 Å². The van der Waals surface area contributed by atoms with Crippen LogP contribution in [0.5, 0.6) is 0 Å². The molecule has 1 saturated heterocycles. The quantitative estimate of drug-likeness (QED) is 0.832. The SMILES string of the molecule is O=C(N[C@H]1CCCNC1)c1csc2cncn12. The number of piperidine rings is 1. The van der Waals surface area contributed by atoms with E-state index in [0.29, 0.717) is 5.69 Å². The molecule has 1 amide bonds. The van der Waals surface area contributed by atoms with E-state index >= 15 is 0 Å². The molecule has 2 aromatic rings. The van der Waals surface area contributed by atoms with Crippen LogP contribution >= 0.6 is 11.3 Å². The van der Waals surface area contributed by atoms with Gasteiger partial charge in [-0.25, -0.2) is 4.98 Å². The Kier molecular flexibility index (Phi) is 2.82. The fraction of sp³-hybridized carbons (Fsp3) is 0.455. The van der Waals surface area contributed by atoms with Crippen LogP contribution in [0.15, 0.2) is 17.9 Å². The first-order valence-electron chi connectivity index (χ1n) is 5.76. The highest BCUT2D eigenvalue weighted by Gasteiger charge is 2.18. The molecule has 3 heterocycles. The number of thiazole rings is 1. The highest BCUT2D eigenvalue weighted by atomic mass is 32.1. The molecule has 0 radical (unpaired) electrons. The standard InChI is InChI=1S/C11H14N4OS/c16-11(14-8-2-1-3-12-4-8)9-6-17-10-5-13-7-15(9)10/h5-8,12H,1-4H2,(H,14,16)/t8-/m0/s1. The van der Waals surface area contributed by atoms with E-state index in [1.54, 1.807) is 12.5 Å². The molecule has 6 heteroatoms. The van der Waals surface area contributed by atoms with Gasteiger partial charge in [-0.05, 0) is 19.4 Å². The number of nitrogens with one attached hydrogen (secondary N) is 2. The van der Waals surface area contributed by atoms with Crippen LogP contribution in [0, 0.1) is 0 Å². The lowest BCUT2D eigenvalue weighted by Crippen LogP contribution is -2.45. The zero-order valence-corrected chi connectivity index (χ0v) is 10.2. The first-order valence-corrected chi connectivity index (χ1v) is 6.64. The Labute approximate surface area is 103 Å². The van der Waals surface area contributed by atoms with Crippen LogP contribution in [-0.4, -0.2) is 34.4 Å². The van der Waals surface area contributed by atoms with Crippen molar-refractivity contribution in [3.8, 4) is 0 Å². The third-order valence-electron chi connectivity index (χ3n) is 3.02. The monoisotopic (exact) mass is 250 g/mol. The van der Waals surface area contributed by atoms with Crippen LogP contribution in [-0.2, 0) is 0 Å². The molecule has 0 bridgehead atoms. The summed E-state index contributed by atoms with van der Waals surface area (Å²) in [6, 6.07) is 0.245. The zero-order valence-electron chi connectivity index (χ0n) is 9.35. The van der Waals surface area contributed by atoms with Gasteiger partial charge in [0.25, 0.3) is 5.91 Å². The van der Waals surface area contributed by atoms with Gasteiger partial charge in [-0.3, -0.25) is 9.20 Å². The predicted octanol–water partition coefficient (Wildman–Crippen LogP) is 0.878. The molecule has 0 saturated carbocycles. The Balaban J connectivity index is 1.75. The van der Waals surface area contributed by atoms with E-state index in [2.05, 4.69) is 15.6 Å². The highest BCUT2D eigenvalue weighted by molar-refractivity contribution is 7.15. The number of imidazole rings is 1. The van der Waals surface area contributed by atoms with Crippen molar-refractivity contribution in [3.05, 3.63) is 23.6 Å². The van der Waals surface area contributed by atoms with Crippen molar-refractivity contribution < 1.29 is 4.79 Å². The summed E-state index contributed by atoms with van der Waals surface area (Å²) in [7, 11) is 0. The fourth-order valence-corrected chi connectivity index (χ4v) is 2.95. The van der Waals surface area contributed by atoms with Gasteiger partial charge in [0.1, 0.15) is 16.9 Å². The molecule has 0 aromatic carbocycles. The molecule has 0 unspecified atom stereocenters. The Morgan fingerprint density at radius 3 is 3.41 bits per heavy atom. The van der Waals surface area contributed by atoms with Gasteiger partial charge in [-0.1, -0.05) is 0 Å². The summed E-state index contributed by atoms with van der Waals surface area (Å²) in [6.07, 6.45) is 5.62. The minimum Gasteiger partial charge on any atom is -0.347 e. The molecule has 2 aromatic heterocycles. The molecular weight excluding hydrogens is 236 g/mol. The number of nitrogens with zero attached hydrogens (tertiary/aromatic N) is 2. The maximum atomic E-state index is 12.1. The van der Waals surface area contributed by atoms with E-state index in [0.717, 1.165) is 30.8 Å². The molecule has 5 nitrogen and oxygen atoms in total. The number of amides is 1. The molecule has 3 rings (SSSR count). The van der Waals surface area contributed by atoms with Gasteiger partial charge in [-0.2, -0.15) is 0 Å². The first-order chi connectivity index (χ1) is 8.34. The predicted molar refractivity (Wildman–Crippen MR) is 66.4 cm³/mol. The summed E-state index contributed by atoms with van der Waals surface area (Å²) in [6.45, 7) is 1.92. The summed E-state index contributed by atoms with van der Waals surface area (Å²) in [5.74, 6) is -0.0112. The lowest BCUT2D eigenvalue weighted by atomic mass is 10.1. The van der Waals surface area contributed by atoms with Crippen molar-refractivity contribution in [2.24, 2.45) is 0 Å². The van der Waals surface area contributed by atoms with Crippen molar-refractivity contribution in [1.82, 2.24) is 20.0 Å². The Morgan fingerprint density at radius 2 is 2.59 bits per heavy atom. The molecule has 1 aliphatic rings. The topological polar surface area (TPSA) is 58.4 Å². The van der Waals surface area contributed by atoms with Gasteiger partial charge >= 0.3 is 0 Å². The smallest absolute Gasteiger partial charge is 0.269 e. The van der Waals surface area contributed by atoms with E-state index < -0.39 is 0 Å². The molecule has 1 atom stereocenters. The summed E-state index contributed by atoms with van der Waals surface area (Å²) in [5.41, 5.74) is 0.674. The normalized spacial score (nSPS) is 20.6. The second kappa shape index (κ2) is 4.46. The molecule has 90 valence electrons. The Morgan fingerprint density at radius 1 is 1.65 bits per heavy atom. The maximum Gasteiger partial charge on any atom is 0.269 e. The molecular formula is C11H14N4OS. The first kappa shape index (κ1) is 10.7. The van der Waals surface area contributed by atoms with Crippen LogP contribution in [0.3, 0.4) is 0 Å². The molecule has 1 fully saturated rings. The van der Waals surface area contributed by atoms with Gasteiger partial charge in [-0.15, -0.1) is 11.3 Å². The highest BCUT2D eigenvalue weighted by Crippen LogP contribution is 2.15. The van der Waals surface area contributed by atoms with E-state index in [-0.39, 0.29) is 11.9 Å². The second-order valence-corrected chi connectivity index (χ2v) is 5.13. The lowest BCUT2D eigenvalue weighted by molar-refractivity contribution is 0.0925. The van der Waals surface area contributed by atoms with Crippen molar-refractivity contribution in [2.45, 2.75) is 18.9 Å². The summed E-state index contributed by atoms with van der Waals surface area (Å²) in [5, 5.41) is 8.22. The summed E-state index contributed by atoms with van der Waals surface area (Å²) in [4.78, 5) is 17.1. The van der Waals surface area contributed by atoms with Crippen LogP contribution in [0.4, 0.5) is 0 Å². The lowest BCUT2D eigenvalue weighted by Gasteiger charge is -2.23. The molecule has 0 spiro atoms. The third-order valence-corrected chi connectivity index (χ3v) is 3.90. The summed E-state index contributed by atoms with van der Waals surface area (Å²) < 4.78 is 1.83. The van der Waals surface area contributed by atoms with E-state index in [1.807, 2.05) is 9.78 Å². The van der Waals surface area contributed by atoms with Crippen LogP contribution in [0.2, 0.25) is 0 Å². The molecule has 1 aliphatic heterocycles. The Hall–Kier alpha value is -1.40. The average molecular weight is 250 g/mol. The van der Waals surface area contributed by atoms with Crippen molar-refractivity contribution >= 4 is 22.1 Å². The van der Waals surface area contributed by atoms with Crippen molar-refractivity contribution in [1.29, 1.82) is 0 Å². The largest absolute Gasteiger partial charge is 0.347 e. The average Bonchev–Trinajstić information content (AvgIpc) is 2.91. The minimum absolute atomic E-state index is 0.0112. The van der Waals surface area contributed by atoms with E-state index in [9.17, 15) is 4.79 Å². The number of carbonyl (C=O) groups excluding carboxylic acids is 1. The number of fused-ring (bicyclic) bond motifs is 1. The van der Waals surface area contributed by atoms with Crippen molar-refractivity contribution in [3.63, 3.8) is 0 Å². The van der Waals surface area contributed by atoms with Gasteiger partial charge < -0.3 is 10.6 Å². The van der Waals surface area contributed by atoms with Crippen molar-refractivity contribution in [2.75, 3.05) is 13.1 Å². The number of aromatic nitrogens is 2. The minimum atomic E-state index is -0.0112. The second-order valence-electron chi connectivity index (χ2n) is 4.24. The van der Waals surface area contributed by atoms with Gasteiger partial charge in [0.05, 0.1) is 6.20 Å². The van der Waals surface area contributed by atoms with Crippen LogP contribution in [0.25, 0.3) is 4.83 Å². The number of hydrogen-bond donors (Lipinski definition) is 2. The van der Waals surface area contributed by atoms with Gasteiger partial charge in [0.15, 0.2) is 0 Å². The molecule has 0 aliphatic carbocycles. The fourth-order valence-electron chi connectivity index (χ4n) is 2.12. The van der Waals surface area contributed by atoms with E-state index in [4.69, 9.17) is 0 Å². The maximum absolute atomic E-state index is 12.1. The number of hydrogen-bond acceptors (Lipinski definition) is 4. The van der Waals surface area contributed by atoms with Crippen LogP contribution in [0.1, 0.15) is 23.3 Å². The molecule has 17 heavy (non-hydrogen) atoms. The zero-order chi connectivity index (χ0) is 11.7. The Bertz CT molecular complexity index is 526. The molecule has 2 N–H and O–H groups in total. The van der Waals surface area contributed by atoms with Gasteiger partial charge in [0.2, 0.25) is 0 Å². The van der Waals surface area contributed by atoms with Gasteiger partial charge in [0, 0.05) is 18.0 Å². The third kappa shape index (κ3) is 2.05. The van der Waals surface area contributed by atoms with E-state index in [1.165, 1.54) is 11.3 Å². The number of carbonyl (C=O) groups is 1. The summed E-state index contributed by atoms with van der Waals surface area (Å²) >= 11 is 1.53. The number of rotatable bonds is 2.